The molecule has 0 aromatic carbocycles. The van der Waals surface area contributed by atoms with Crippen LogP contribution < -0.4 is 4.90 Å². The van der Waals surface area contributed by atoms with E-state index in [2.05, 4.69) is 37.4 Å². The van der Waals surface area contributed by atoms with E-state index >= 15 is 0 Å². The van der Waals surface area contributed by atoms with Crippen LogP contribution in [0.15, 0.2) is 12.4 Å². The van der Waals surface area contributed by atoms with Gasteiger partial charge in [-0.05, 0) is 12.8 Å². The summed E-state index contributed by atoms with van der Waals surface area (Å²) in [5, 5.41) is 1.01. The molecule has 2 rings (SSSR count). The molecule has 0 radical (unpaired) electrons. The molecule has 0 amide bonds. The van der Waals surface area contributed by atoms with Gasteiger partial charge in [0.05, 0.1) is 0 Å². The normalized spacial score (nSPS) is 17.2. The van der Waals surface area contributed by atoms with Crippen molar-refractivity contribution < 1.29 is 0 Å². The fourth-order valence-corrected chi connectivity index (χ4v) is 2.77. The zero-order valence-corrected chi connectivity index (χ0v) is 10.8. The summed E-state index contributed by atoms with van der Waals surface area (Å²) in [6.45, 7) is 1.05. The smallest absolute Gasteiger partial charge is 0.205 e. The van der Waals surface area contributed by atoms with Gasteiger partial charge in [-0.15, -0.1) is 0 Å². The van der Waals surface area contributed by atoms with Gasteiger partial charge in [-0.3, -0.25) is 0 Å². The predicted molar refractivity (Wildman–Crippen MR) is 66.6 cm³/mol. The second-order valence-electron chi connectivity index (χ2n) is 4.16. The third-order valence-electron chi connectivity index (χ3n) is 3.14. The molecule has 0 spiro atoms. The maximum Gasteiger partial charge on any atom is 0.205 e. The zero-order chi connectivity index (χ0) is 10.7. The second-order valence-corrected chi connectivity index (χ2v) is 4.95. The molecule has 1 heterocycles. The van der Waals surface area contributed by atoms with Gasteiger partial charge >= 0.3 is 0 Å². The Morgan fingerprint density at radius 3 is 2.80 bits per heavy atom. The minimum atomic E-state index is 0.698. The van der Waals surface area contributed by atoms with Crippen LogP contribution in [0.4, 0.5) is 5.95 Å². The first-order valence-corrected chi connectivity index (χ1v) is 6.75. The number of anilines is 1. The molecule has 1 saturated carbocycles. The number of aryl methyl sites for hydroxylation is 1. The highest BCUT2D eigenvalue weighted by atomic mass is 79.9. The molecule has 0 unspecified atom stereocenters. The Balaban J connectivity index is 2.15. The van der Waals surface area contributed by atoms with Crippen molar-refractivity contribution in [2.24, 2.45) is 7.05 Å². The molecule has 1 aliphatic carbocycles. The highest BCUT2D eigenvalue weighted by Crippen LogP contribution is 2.26. The molecule has 4 heteroatoms. The van der Waals surface area contributed by atoms with E-state index in [1.807, 2.05) is 12.4 Å². The standard InChI is InChI=1S/C11H18BrN3/c1-14-9-7-13-11(14)15(8-6-12)10-4-2-3-5-10/h7,9-10H,2-6,8H2,1H3. The summed E-state index contributed by atoms with van der Waals surface area (Å²) in [4.78, 5) is 6.89. The maximum absolute atomic E-state index is 4.45. The summed E-state index contributed by atoms with van der Waals surface area (Å²) < 4.78 is 2.11. The molecule has 1 aromatic rings. The maximum atomic E-state index is 4.45. The lowest BCUT2D eigenvalue weighted by molar-refractivity contribution is 0.598. The van der Waals surface area contributed by atoms with E-state index in [9.17, 15) is 0 Å². The summed E-state index contributed by atoms with van der Waals surface area (Å²) in [5.74, 6) is 1.11. The summed E-state index contributed by atoms with van der Waals surface area (Å²) in [6, 6.07) is 0.698. The van der Waals surface area contributed by atoms with Crippen LogP contribution >= 0.6 is 15.9 Å². The molecule has 0 saturated heterocycles. The molecule has 1 aromatic heterocycles. The van der Waals surface area contributed by atoms with Crippen LogP contribution in [0.3, 0.4) is 0 Å². The lowest BCUT2D eigenvalue weighted by Crippen LogP contribution is -2.36. The van der Waals surface area contributed by atoms with Crippen molar-refractivity contribution in [3.63, 3.8) is 0 Å². The molecule has 15 heavy (non-hydrogen) atoms. The Hall–Kier alpha value is -0.510. The minimum Gasteiger partial charge on any atom is -0.338 e. The largest absolute Gasteiger partial charge is 0.338 e. The summed E-state index contributed by atoms with van der Waals surface area (Å²) in [5.41, 5.74) is 0. The number of halogens is 1. The van der Waals surface area contributed by atoms with Crippen LogP contribution in [0, 0.1) is 0 Å². The topological polar surface area (TPSA) is 21.1 Å². The molecular formula is C11H18BrN3. The molecule has 0 N–H and O–H groups in total. The number of nitrogens with zero attached hydrogens (tertiary/aromatic N) is 3. The summed E-state index contributed by atoms with van der Waals surface area (Å²) in [6.07, 6.45) is 9.28. The van der Waals surface area contributed by atoms with Gasteiger partial charge in [-0.25, -0.2) is 4.98 Å². The predicted octanol–water partition coefficient (Wildman–Crippen LogP) is 2.56. The lowest BCUT2D eigenvalue weighted by atomic mass is 10.2. The van der Waals surface area contributed by atoms with Crippen molar-refractivity contribution in [2.45, 2.75) is 31.7 Å². The number of hydrogen-bond acceptors (Lipinski definition) is 2. The first kappa shape index (κ1) is 11.0. The molecule has 84 valence electrons. The SMILES string of the molecule is Cn1ccnc1N(CCBr)C1CCCC1. The van der Waals surface area contributed by atoms with Crippen LogP contribution in [0.25, 0.3) is 0 Å². The van der Waals surface area contributed by atoms with E-state index in [4.69, 9.17) is 0 Å². The Morgan fingerprint density at radius 1 is 1.53 bits per heavy atom. The van der Waals surface area contributed by atoms with E-state index in [1.165, 1.54) is 25.7 Å². The van der Waals surface area contributed by atoms with Gasteiger partial charge in [0.25, 0.3) is 0 Å². The van der Waals surface area contributed by atoms with Crippen molar-refractivity contribution in [1.29, 1.82) is 0 Å². The van der Waals surface area contributed by atoms with E-state index in [0.717, 1.165) is 17.8 Å². The van der Waals surface area contributed by atoms with Gasteiger partial charge < -0.3 is 9.47 Å². The van der Waals surface area contributed by atoms with Gasteiger partial charge in [0.15, 0.2) is 0 Å². The first-order chi connectivity index (χ1) is 7.33. The fourth-order valence-electron chi connectivity index (χ4n) is 2.39. The van der Waals surface area contributed by atoms with Crippen molar-refractivity contribution in [2.75, 3.05) is 16.8 Å². The van der Waals surface area contributed by atoms with Crippen LogP contribution in [0.5, 0.6) is 0 Å². The van der Waals surface area contributed by atoms with E-state index in [0.29, 0.717) is 6.04 Å². The minimum absolute atomic E-state index is 0.698. The molecule has 0 atom stereocenters. The second kappa shape index (κ2) is 5.01. The Bertz CT molecular complexity index is 305. The quantitative estimate of drug-likeness (QED) is 0.785. The highest BCUT2D eigenvalue weighted by Gasteiger charge is 2.24. The van der Waals surface area contributed by atoms with Crippen molar-refractivity contribution >= 4 is 21.9 Å². The first-order valence-electron chi connectivity index (χ1n) is 5.63. The molecule has 0 aliphatic heterocycles. The number of imidazole rings is 1. The van der Waals surface area contributed by atoms with E-state index in [1.54, 1.807) is 0 Å². The van der Waals surface area contributed by atoms with Crippen molar-refractivity contribution in [3.05, 3.63) is 12.4 Å². The van der Waals surface area contributed by atoms with Gasteiger partial charge in [-0.1, -0.05) is 28.8 Å². The van der Waals surface area contributed by atoms with Crippen LogP contribution in [0.1, 0.15) is 25.7 Å². The van der Waals surface area contributed by atoms with E-state index < -0.39 is 0 Å². The van der Waals surface area contributed by atoms with Crippen molar-refractivity contribution in [3.8, 4) is 0 Å². The molecule has 3 nitrogen and oxygen atoms in total. The fraction of sp³-hybridized carbons (Fsp3) is 0.727. The Kier molecular flexibility index (Phi) is 3.67. The molecule has 0 bridgehead atoms. The molecular weight excluding hydrogens is 254 g/mol. The Morgan fingerprint density at radius 2 is 2.27 bits per heavy atom. The summed E-state index contributed by atoms with van der Waals surface area (Å²) >= 11 is 3.53. The average molecular weight is 272 g/mol. The van der Waals surface area contributed by atoms with Gasteiger partial charge in [0.1, 0.15) is 0 Å². The van der Waals surface area contributed by atoms with Gasteiger partial charge in [0, 0.05) is 37.4 Å². The number of hydrogen-bond donors (Lipinski definition) is 0. The molecule has 1 aliphatic rings. The van der Waals surface area contributed by atoms with Crippen LogP contribution in [-0.4, -0.2) is 27.5 Å². The zero-order valence-electron chi connectivity index (χ0n) is 9.19. The number of alkyl halides is 1. The highest BCUT2D eigenvalue weighted by molar-refractivity contribution is 9.09. The number of aromatic nitrogens is 2. The summed E-state index contributed by atoms with van der Waals surface area (Å²) in [7, 11) is 2.07. The van der Waals surface area contributed by atoms with Crippen LogP contribution in [0.2, 0.25) is 0 Å². The Labute approximate surface area is 99.6 Å². The van der Waals surface area contributed by atoms with E-state index in [-0.39, 0.29) is 0 Å². The van der Waals surface area contributed by atoms with Crippen molar-refractivity contribution in [1.82, 2.24) is 9.55 Å². The molecule has 1 fully saturated rings. The lowest BCUT2D eigenvalue weighted by Gasteiger charge is -2.29. The monoisotopic (exact) mass is 271 g/mol. The third-order valence-corrected chi connectivity index (χ3v) is 3.50. The number of rotatable bonds is 4. The average Bonchev–Trinajstić information content (AvgIpc) is 2.85. The van der Waals surface area contributed by atoms with Crippen LogP contribution in [-0.2, 0) is 7.05 Å². The van der Waals surface area contributed by atoms with Gasteiger partial charge in [-0.2, -0.15) is 0 Å². The van der Waals surface area contributed by atoms with Gasteiger partial charge in [0.2, 0.25) is 5.95 Å². The third kappa shape index (κ3) is 2.36.